The van der Waals surface area contributed by atoms with Crippen LogP contribution in [0.1, 0.15) is 6.42 Å². The zero-order valence-corrected chi connectivity index (χ0v) is 12.5. The molecule has 7 nitrogen and oxygen atoms in total. The maximum absolute atomic E-state index is 12.6. The van der Waals surface area contributed by atoms with E-state index in [4.69, 9.17) is 4.74 Å². The molecule has 1 aliphatic heterocycles. The minimum absolute atomic E-state index is 0.0298. The maximum Gasteiger partial charge on any atom is 0.324 e. The Morgan fingerprint density at radius 2 is 1.90 bits per heavy atom. The fourth-order valence-corrected chi connectivity index (χ4v) is 3.91. The normalized spacial score (nSPS) is 23.0. The maximum atomic E-state index is 12.6. The third-order valence-electron chi connectivity index (χ3n) is 3.37. The first-order chi connectivity index (χ1) is 9.90. The summed E-state index contributed by atoms with van der Waals surface area (Å²) in [5, 5.41) is 9.67. The number of nitrogens with zero attached hydrogens (tertiary/aromatic N) is 1. The van der Waals surface area contributed by atoms with E-state index in [1.54, 1.807) is 0 Å². The summed E-state index contributed by atoms with van der Waals surface area (Å²) < 4.78 is 35.7. The predicted octanol–water partition coefficient (Wildman–Crippen LogP) is -0.00790. The molecule has 0 aliphatic carbocycles. The lowest BCUT2D eigenvalue weighted by Crippen LogP contribution is -2.41. The molecule has 1 heterocycles. The van der Waals surface area contributed by atoms with Crippen molar-refractivity contribution in [2.45, 2.75) is 23.5 Å². The summed E-state index contributed by atoms with van der Waals surface area (Å²) in [5.41, 5.74) is 0. The van der Waals surface area contributed by atoms with Crippen molar-refractivity contribution < 1.29 is 27.8 Å². The molecule has 1 N–H and O–H groups in total. The molecule has 116 valence electrons. The highest BCUT2D eigenvalue weighted by Gasteiger charge is 2.44. The Labute approximate surface area is 123 Å². The van der Waals surface area contributed by atoms with E-state index in [1.807, 2.05) is 0 Å². The molecule has 0 bridgehead atoms. The number of aliphatic hydroxyl groups excluding tert-OH is 1. The zero-order valence-electron chi connectivity index (χ0n) is 11.7. The predicted molar refractivity (Wildman–Crippen MR) is 73.3 cm³/mol. The third kappa shape index (κ3) is 3.02. The van der Waals surface area contributed by atoms with Gasteiger partial charge in [-0.25, -0.2) is 8.42 Å². The van der Waals surface area contributed by atoms with Crippen LogP contribution in [0, 0.1) is 0 Å². The van der Waals surface area contributed by atoms with Crippen LogP contribution in [-0.4, -0.2) is 56.7 Å². The van der Waals surface area contributed by atoms with Gasteiger partial charge in [-0.3, -0.25) is 4.79 Å². The Kier molecular flexibility index (Phi) is 4.50. The van der Waals surface area contributed by atoms with Crippen molar-refractivity contribution in [1.29, 1.82) is 0 Å². The monoisotopic (exact) mass is 315 g/mol. The Bertz CT molecular complexity index is 612. The second-order valence-electron chi connectivity index (χ2n) is 4.68. The van der Waals surface area contributed by atoms with E-state index in [0.717, 1.165) is 4.31 Å². The molecule has 1 aromatic rings. The van der Waals surface area contributed by atoms with E-state index in [2.05, 4.69) is 4.74 Å². The van der Waals surface area contributed by atoms with Crippen molar-refractivity contribution in [3.05, 3.63) is 24.3 Å². The standard InChI is InChI=1S/C13H17NO6S/c1-19-10-3-5-11(6-4-10)21(17,18)14-8-9(15)7-12(14)13(16)20-2/h3-6,9,12,15H,7-8H2,1-2H3. The molecule has 0 saturated carbocycles. The van der Waals surface area contributed by atoms with Crippen molar-refractivity contribution in [3.63, 3.8) is 0 Å². The van der Waals surface area contributed by atoms with Gasteiger partial charge in [0.15, 0.2) is 0 Å². The number of sulfonamides is 1. The molecule has 0 aromatic heterocycles. The van der Waals surface area contributed by atoms with Crippen LogP contribution in [0.25, 0.3) is 0 Å². The molecule has 2 rings (SSSR count). The van der Waals surface area contributed by atoms with Gasteiger partial charge in [-0.05, 0) is 24.3 Å². The van der Waals surface area contributed by atoms with Gasteiger partial charge in [0.05, 0.1) is 25.2 Å². The number of rotatable bonds is 4. The Morgan fingerprint density at radius 3 is 2.43 bits per heavy atom. The molecule has 0 radical (unpaired) electrons. The lowest BCUT2D eigenvalue weighted by atomic mass is 10.2. The topological polar surface area (TPSA) is 93.1 Å². The molecule has 2 atom stereocenters. The molecule has 0 spiro atoms. The van der Waals surface area contributed by atoms with Crippen molar-refractivity contribution >= 4 is 16.0 Å². The molecule has 1 fully saturated rings. The summed E-state index contributed by atoms with van der Waals surface area (Å²) in [6, 6.07) is 4.83. The Morgan fingerprint density at radius 1 is 1.29 bits per heavy atom. The summed E-state index contributed by atoms with van der Waals surface area (Å²) in [6.45, 7) is -0.131. The number of benzene rings is 1. The lowest BCUT2D eigenvalue weighted by Gasteiger charge is -2.21. The highest BCUT2D eigenvalue weighted by molar-refractivity contribution is 7.89. The van der Waals surface area contributed by atoms with Gasteiger partial charge in [0.2, 0.25) is 10.0 Å². The van der Waals surface area contributed by atoms with Crippen LogP contribution in [0.15, 0.2) is 29.2 Å². The van der Waals surface area contributed by atoms with Gasteiger partial charge in [0, 0.05) is 13.0 Å². The van der Waals surface area contributed by atoms with Gasteiger partial charge >= 0.3 is 5.97 Å². The van der Waals surface area contributed by atoms with E-state index < -0.39 is 28.1 Å². The minimum atomic E-state index is -3.88. The van der Waals surface area contributed by atoms with Crippen LogP contribution in [0.4, 0.5) is 0 Å². The molecule has 1 aliphatic rings. The fraction of sp³-hybridized carbons (Fsp3) is 0.462. The van der Waals surface area contributed by atoms with Crippen molar-refractivity contribution in [2.24, 2.45) is 0 Å². The number of esters is 1. The summed E-state index contributed by atoms with van der Waals surface area (Å²) in [5.74, 6) is -0.149. The molecular formula is C13H17NO6S. The number of hydrogen-bond acceptors (Lipinski definition) is 6. The lowest BCUT2D eigenvalue weighted by molar-refractivity contribution is -0.144. The number of β-amino-alcohol motifs (C(OH)–C–C–N with tert-alkyl or cyclic N) is 1. The van der Waals surface area contributed by atoms with Gasteiger partial charge in [0.1, 0.15) is 11.8 Å². The van der Waals surface area contributed by atoms with Gasteiger partial charge in [-0.2, -0.15) is 4.31 Å². The van der Waals surface area contributed by atoms with Gasteiger partial charge < -0.3 is 14.6 Å². The molecule has 8 heteroatoms. The van der Waals surface area contributed by atoms with Crippen LogP contribution in [0.2, 0.25) is 0 Å². The number of ether oxygens (including phenoxy) is 2. The summed E-state index contributed by atoms with van der Waals surface area (Å²) in [4.78, 5) is 11.7. The quantitative estimate of drug-likeness (QED) is 0.786. The second kappa shape index (κ2) is 6.00. The van der Waals surface area contributed by atoms with E-state index in [1.165, 1.54) is 38.5 Å². The first-order valence-electron chi connectivity index (χ1n) is 6.32. The smallest absolute Gasteiger partial charge is 0.324 e. The summed E-state index contributed by atoms with van der Waals surface area (Å²) in [6.07, 6.45) is -0.857. The number of methoxy groups -OCH3 is 2. The van der Waals surface area contributed by atoms with Crippen molar-refractivity contribution in [2.75, 3.05) is 20.8 Å². The molecular weight excluding hydrogens is 298 g/mol. The van der Waals surface area contributed by atoms with Crippen LogP contribution in [-0.2, 0) is 19.6 Å². The molecule has 1 aromatic carbocycles. The van der Waals surface area contributed by atoms with Gasteiger partial charge in [0.25, 0.3) is 0 Å². The van der Waals surface area contributed by atoms with E-state index in [0.29, 0.717) is 5.75 Å². The highest BCUT2D eigenvalue weighted by atomic mass is 32.2. The molecule has 0 amide bonds. The van der Waals surface area contributed by atoms with Gasteiger partial charge in [-0.1, -0.05) is 0 Å². The second-order valence-corrected chi connectivity index (χ2v) is 6.57. The largest absolute Gasteiger partial charge is 0.497 e. The van der Waals surface area contributed by atoms with Crippen LogP contribution >= 0.6 is 0 Å². The zero-order chi connectivity index (χ0) is 15.6. The van der Waals surface area contributed by atoms with E-state index in [9.17, 15) is 18.3 Å². The first-order valence-corrected chi connectivity index (χ1v) is 7.76. The van der Waals surface area contributed by atoms with E-state index >= 15 is 0 Å². The molecule has 2 unspecified atom stereocenters. The van der Waals surface area contributed by atoms with Gasteiger partial charge in [-0.15, -0.1) is 0 Å². The molecule has 21 heavy (non-hydrogen) atoms. The van der Waals surface area contributed by atoms with Crippen LogP contribution < -0.4 is 4.74 Å². The van der Waals surface area contributed by atoms with E-state index in [-0.39, 0.29) is 17.9 Å². The summed E-state index contributed by atoms with van der Waals surface area (Å²) in [7, 11) is -1.22. The number of carbonyl (C=O) groups is 1. The average molecular weight is 315 g/mol. The molecule has 1 saturated heterocycles. The minimum Gasteiger partial charge on any atom is -0.497 e. The van der Waals surface area contributed by atoms with Crippen LogP contribution in [0.3, 0.4) is 0 Å². The Balaban J connectivity index is 2.34. The Hall–Kier alpha value is -1.64. The van der Waals surface area contributed by atoms with Crippen molar-refractivity contribution in [1.82, 2.24) is 4.31 Å². The van der Waals surface area contributed by atoms with Crippen molar-refractivity contribution in [3.8, 4) is 5.75 Å². The fourth-order valence-electron chi connectivity index (χ4n) is 2.28. The number of aliphatic hydroxyl groups is 1. The number of hydrogen-bond donors (Lipinski definition) is 1. The third-order valence-corrected chi connectivity index (χ3v) is 5.26. The average Bonchev–Trinajstić information content (AvgIpc) is 2.89. The first kappa shape index (κ1) is 15.7. The highest BCUT2D eigenvalue weighted by Crippen LogP contribution is 2.28. The number of carbonyl (C=O) groups excluding carboxylic acids is 1. The van der Waals surface area contributed by atoms with Crippen LogP contribution in [0.5, 0.6) is 5.75 Å². The summed E-state index contributed by atoms with van der Waals surface area (Å²) >= 11 is 0. The SMILES string of the molecule is COC(=O)C1CC(O)CN1S(=O)(=O)c1ccc(OC)cc1.